The molecule has 1 N–H and O–H groups in total. The number of benzene rings is 2. The molecule has 0 bridgehead atoms. The molecule has 5 amide bonds. The first-order chi connectivity index (χ1) is 14.9. The van der Waals surface area contributed by atoms with Crippen molar-refractivity contribution in [3.8, 4) is 0 Å². The van der Waals surface area contributed by atoms with Crippen molar-refractivity contribution in [1.82, 2.24) is 9.80 Å². The third kappa shape index (κ3) is 3.75. The van der Waals surface area contributed by atoms with Gasteiger partial charge in [-0.05, 0) is 11.1 Å². The largest absolute Gasteiger partial charge is 0.464 e. The van der Waals surface area contributed by atoms with Gasteiger partial charge < -0.3 is 14.6 Å². The first-order valence-electron chi connectivity index (χ1n) is 9.70. The van der Waals surface area contributed by atoms with Gasteiger partial charge in [0.05, 0.1) is 12.7 Å². The molecule has 1 spiro atoms. The lowest BCUT2D eigenvalue weighted by Gasteiger charge is -2.45. The highest BCUT2D eigenvalue weighted by Gasteiger charge is 2.68. The fraction of sp³-hybridized carbons (Fsp3) is 0.273. The summed E-state index contributed by atoms with van der Waals surface area (Å²) in [4.78, 5) is 50.3. The number of hydrogen-bond donors (Lipinski definition) is 1. The molecule has 9 nitrogen and oxygen atoms in total. The topological polar surface area (TPSA) is 113 Å². The molecule has 0 aromatic heterocycles. The van der Waals surface area contributed by atoms with Crippen molar-refractivity contribution < 1.29 is 33.8 Å². The van der Waals surface area contributed by atoms with Gasteiger partial charge in [0.1, 0.15) is 12.1 Å². The van der Waals surface area contributed by atoms with Crippen LogP contribution in [-0.4, -0.2) is 50.7 Å². The van der Waals surface area contributed by atoms with E-state index in [1.165, 1.54) is 0 Å². The second-order valence-electron chi connectivity index (χ2n) is 7.44. The van der Waals surface area contributed by atoms with Gasteiger partial charge >= 0.3 is 18.2 Å². The van der Waals surface area contributed by atoms with Crippen LogP contribution >= 0.6 is 0 Å². The Kier molecular flexibility index (Phi) is 5.43. The van der Waals surface area contributed by atoms with Crippen LogP contribution in [0.4, 0.5) is 14.4 Å². The van der Waals surface area contributed by atoms with E-state index in [1.807, 2.05) is 30.3 Å². The molecule has 0 atom stereocenters. The fourth-order valence-electron chi connectivity index (χ4n) is 3.84. The number of urea groups is 1. The van der Waals surface area contributed by atoms with Gasteiger partial charge in [-0.3, -0.25) is 4.79 Å². The summed E-state index contributed by atoms with van der Waals surface area (Å²) in [5.41, 5.74) is 0.0177. The standard InChI is InChI=1S/C22H20N2O7/c25-18-22(11-17(12-22)30-13-15-7-3-1-4-8-15)24(19(26)23(18)20(27)28)21(29)31-14-16-9-5-2-6-10-16/h1-10,17H,11-14H2,(H,27,28). The minimum Gasteiger partial charge on any atom is -0.464 e. The Morgan fingerprint density at radius 3 is 2.03 bits per heavy atom. The van der Waals surface area contributed by atoms with Crippen molar-refractivity contribution >= 4 is 24.1 Å². The number of hydrogen-bond acceptors (Lipinski definition) is 6. The van der Waals surface area contributed by atoms with E-state index < -0.39 is 35.8 Å². The smallest absolute Gasteiger partial charge is 0.422 e. The molecule has 1 aliphatic heterocycles. The summed E-state index contributed by atoms with van der Waals surface area (Å²) in [6, 6.07) is 17.0. The second-order valence-corrected chi connectivity index (χ2v) is 7.44. The number of rotatable bonds is 5. The van der Waals surface area contributed by atoms with Crippen LogP contribution in [-0.2, 0) is 27.5 Å². The summed E-state index contributed by atoms with van der Waals surface area (Å²) in [6.45, 7) is 0.180. The number of amides is 5. The summed E-state index contributed by atoms with van der Waals surface area (Å²) >= 11 is 0. The Hall–Kier alpha value is -3.72. The minimum atomic E-state index is -1.73. The van der Waals surface area contributed by atoms with Crippen LogP contribution in [0.1, 0.15) is 24.0 Å². The molecule has 9 heteroatoms. The van der Waals surface area contributed by atoms with Crippen LogP contribution in [0.3, 0.4) is 0 Å². The zero-order chi connectivity index (χ0) is 22.0. The molecule has 2 aromatic rings. The molecule has 2 aromatic carbocycles. The number of carbonyl (C=O) groups is 4. The number of ether oxygens (including phenoxy) is 2. The molecular weight excluding hydrogens is 404 g/mol. The number of carboxylic acid groups (broad SMARTS) is 1. The van der Waals surface area contributed by atoms with Crippen molar-refractivity contribution in [1.29, 1.82) is 0 Å². The van der Waals surface area contributed by atoms with E-state index >= 15 is 0 Å². The SMILES string of the molecule is O=C(O)N1C(=O)N(C(=O)OCc2ccccc2)C2(CC(OCc3ccccc3)C2)C1=O. The van der Waals surface area contributed by atoms with E-state index in [0.29, 0.717) is 17.1 Å². The predicted molar refractivity (Wildman–Crippen MR) is 106 cm³/mol. The highest BCUT2D eigenvalue weighted by molar-refractivity contribution is 6.20. The van der Waals surface area contributed by atoms with E-state index in [-0.39, 0.29) is 24.3 Å². The molecule has 4 rings (SSSR count). The average Bonchev–Trinajstić information content (AvgIpc) is 2.98. The first-order valence-corrected chi connectivity index (χ1v) is 9.70. The maximum Gasteiger partial charge on any atom is 0.422 e. The Bertz CT molecular complexity index is 1000. The van der Waals surface area contributed by atoms with Crippen LogP contribution in [0, 0.1) is 0 Å². The van der Waals surface area contributed by atoms with Crippen LogP contribution in [0.25, 0.3) is 0 Å². The van der Waals surface area contributed by atoms with Gasteiger partial charge in [0.2, 0.25) is 0 Å². The maximum absolute atomic E-state index is 12.8. The molecule has 160 valence electrons. The van der Waals surface area contributed by atoms with Gasteiger partial charge in [-0.15, -0.1) is 0 Å². The molecular formula is C22H20N2O7. The Morgan fingerprint density at radius 1 is 0.935 bits per heavy atom. The molecule has 2 fully saturated rings. The van der Waals surface area contributed by atoms with E-state index in [4.69, 9.17) is 9.47 Å². The lowest BCUT2D eigenvalue weighted by Crippen LogP contribution is -2.63. The number of carbonyl (C=O) groups excluding carboxylic acids is 3. The molecule has 31 heavy (non-hydrogen) atoms. The minimum absolute atomic E-state index is 0.00856. The van der Waals surface area contributed by atoms with Crippen molar-refractivity contribution in [3.05, 3.63) is 71.8 Å². The molecule has 1 saturated carbocycles. The summed E-state index contributed by atoms with van der Waals surface area (Å²) < 4.78 is 11.0. The predicted octanol–water partition coefficient (Wildman–Crippen LogP) is 3.38. The van der Waals surface area contributed by atoms with E-state index in [2.05, 4.69) is 0 Å². The molecule has 2 aliphatic rings. The van der Waals surface area contributed by atoms with Crippen LogP contribution < -0.4 is 0 Å². The first kappa shape index (κ1) is 20.5. The van der Waals surface area contributed by atoms with Crippen LogP contribution in [0.5, 0.6) is 0 Å². The summed E-state index contributed by atoms with van der Waals surface area (Å²) in [5.74, 6) is -0.957. The zero-order valence-corrected chi connectivity index (χ0v) is 16.5. The van der Waals surface area contributed by atoms with Gasteiger partial charge in [-0.2, -0.15) is 4.90 Å². The van der Waals surface area contributed by atoms with Crippen molar-refractivity contribution in [3.63, 3.8) is 0 Å². The summed E-state index contributed by atoms with van der Waals surface area (Å²) in [5, 5.41) is 9.31. The quantitative estimate of drug-likeness (QED) is 0.732. The van der Waals surface area contributed by atoms with Gasteiger partial charge in [0.15, 0.2) is 0 Å². The van der Waals surface area contributed by atoms with E-state index in [9.17, 15) is 24.3 Å². The van der Waals surface area contributed by atoms with E-state index in [0.717, 1.165) is 5.56 Å². The molecule has 1 saturated heterocycles. The van der Waals surface area contributed by atoms with Crippen LogP contribution in [0.2, 0.25) is 0 Å². The van der Waals surface area contributed by atoms with Gasteiger partial charge in [0, 0.05) is 12.8 Å². The lowest BCUT2D eigenvalue weighted by molar-refractivity contribution is -0.147. The molecule has 0 unspecified atom stereocenters. The van der Waals surface area contributed by atoms with Gasteiger partial charge in [-0.25, -0.2) is 19.3 Å². The zero-order valence-electron chi connectivity index (χ0n) is 16.5. The number of imide groups is 4. The van der Waals surface area contributed by atoms with Crippen molar-refractivity contribution in [2.24, 2.45) is 0 Å². The molecule has 0 radical (unpaired) electrons. The third-order valence-electron chi connectivity index (χ3n) is 5.45. The van der Waals surface area contributed by atoms with Crippen molar-refractivity contribution in [2.75, 3.05) is 0 Å². The Balaban J connectivity index is 1.47. The lowest BCUT2D eigenvalue weighted by atomic mass is 9.73. The Labute approximate surface area is 177 Å². The van der Waals surface area contributed by atoms with Crippen molar-refractivity contribution in [2.45, 2.75) is 37.7 Å². The maximum atomic E-state index is 12.8. The van der Waals surface area contributed by atoms with Crippen LogP contribution in [0.15, 0.2) is 60.7 Å². The highest BCUT2D eigenvalue weighted by Crippen LogP contribution is 2.46. The second kappa shape index (κ2) is 8.19. The van der Waals surface area contributed by atoms with Gasteiger partial charge in [0.25, 0.3) is 5.91 Å². The molecule has 1 aliphatic carbocycles. The monoisotopic (exact) mass is 424 g/mol. The number of nitrogens with zero attached hydrogens (tertiary/aromatic N) is 2. The molecule has 1 heterocycles. The van der Waals surface area contributed by atoms with E-state index in [1.54, 1.807) is 30.3 Å². The summed E-state index contributed by atoms with van der Waals surface area (Å²) in [6.07, 6.45) is -3.19. The summed E-state index contributed by atoms with van der Waals surface area (Å²) in [7, 11) is 0. The van der Waals surface area contributed by atoms with Gasteiger partial charge in [-0.1, -0.05) is 60.7 Å². The normalized spacial score (nSPS) is 22.5. The average molecular weight is 424 g/mol. The third-order valence-corrected chi connectivity index (χ3v) is 5.45. The Morgan fingerprint density at radius 2 is 1.48 bits per heavy atom. The fourth-order valence-corrected chi connectivity index (χ4v) is 3.84. The highest BCUT2D eigenvalue weighted by atomic mass is 16.6.